The van der Waals surface area contributed by atoms with Gasteiger partial charge in [-0.1, -0.05) is 0 Å². The third-order valence-corrected chi connectivity index (χ3v) is 3.26. The second-order valence-corrected chi connectivity index (χ2v) is 4.67. The van der Waals surface area contributed by atoms with E-state index in [9.17, 15) is 13.2 Å². The van der Waals surface area contributed by atoms with E-state index in [1.165, 1.54) is 25.4 Å². The summed E-state index contributed by atoms with van der Waals surface area (Å²) in [5.74, 6) is 0. The molecule has 0 aromatic rings. The van der Waals surface area contributed by atoms with E-state index < -0.39 is 14.2 Å². The van der Waals surface area contributed by atoms with Gasteiger partial charge < -0.3 is 0 Å². The number of hydrogen-bond acceptors (Lipinski definition) is 3. The monoisotopic (exact) mass is 204 g/mol. The number of aldehydes is 1. The van der Waals surface area contributed by atoms with Crippen molar-refractivity contribution >= 4 is 16.6 Å². The largest absolute Gasteiger partial charge is 0.437 e. The van der Waals surface area contributed by atoms with Gasteiger partial charge in [0.15, 0.2) is 0 Å². The van der Waals surface area contributed by atoms with Gasteiger partial charge in [-0.15, -0.1) is 8.42 Å². The summed E-state index contributed by atoms with van der Waals surface area (Å²) in [6.45, 7) is 0.0589. The van der Waals surface area contributed by atoms with E-state index in [0.29, 0.717) is 11.9 Å². The average Bonchev–Trinajstić information content (AvgIpc) is 2.04. The van der Waals surface area contributed by atoms with Crippen molar-refractivity contribution in [1.29, 1.82) is 0 Å². The van der Waals surface area contributed by atoms with Gasteiger partial charge in [0.1, 0.15) is 19.0 Å². The van der Waals surface area contributed by atoms with Crippen LogP contribution in [0.5, 0.6) is 0 Å². The summed E-state index contributed by atoms with van der Waals surface area (Å²) in [4.78, 5) is 10.3. The zero-order valence-electron chi connectivity index (χ0n) is 7.04. The van der Waals surface area contributed by atoms with Gasteiger partial charge in [0.2, 0.25) is 0 Å². The molecule has 72 valence electrons. The van der Waals surface area contributed by atoms with Crippen molar-refractivity contribution < 1.29 is 21.7 Å². The van der Waals surface area contributed by atoms with Gasteiger partial charge in [-0.05, 0) is 6.08 Å². The van der Waals surface area contributed by atoms with Crippen molar-refractivity contribution in [2.24, 2.45) is 0 Å². The molecule has 0 fully saturated rings. The van der Waals surface area contributed by atoms with Crippen molar-refractivity contribution in [2.45, 2.75) is 0 Å². The molecule has 0 saturated heterocycles. The highest BCUT2D eigenvalue weighted by atomic mass is 32.2. The summed E-state index contributed by atoms with van der Waals surface area (Å²) in [6.07, 6.45) is 4.72. The van der Waals surface area contributed by atoms with Crippen LogP contribution in [0.4, 0.5) is 0 Å². The molecule has 1 atom stereocenters. The molecule has 5 nitrogen and oxygen atoms in total. The first-order valence-corrected chi connectivity index (χ1v) is 4.96. The quantitative estimate of drug-likeness (QED) is 0.387. The molecule has 0 saturated carbocycles. The molecule has 0 bridgehead atoms. The Balaban J connectivity index is 3.00. The molecular weight excluding hydrogens is 194 g/mol. The topological polar surface area (TPSA) is 71.4 Å². The van der Waals surface area contributed by atoms with Gasteiger partial charge in [-0.3, -0.25) is 4.79 Å². The number of allylic oxidation sites excluding steroid dienone is 2. The second-order valence-electron chi connectivity index (χ2n) is 2.94. The van der Waals surface area contributed by atoms with Crippen LogP contribution in [-0.4, -0.2) is 36.7 Å². The molecule has 1 rings (SSSR count). The van der Waals surface area contributed by atoms with E-state index in [1.54, 1.807) is 0 Å². The van der Waals surface area contributed by atoms with Crippen LogP contribution in [0.15, 0.2) is 23.9 Å². The highest BCUT2D eigenvalue weighted by molar-refractivity contribution is 7.80. The number of quaternary nitrogens is 1. The lowest BCUT2D eigenvalue weighted by Crippen LogP contribution is -2.45. The lowest BCUT2D eigenvalue weighted by Gasteiger charge is -2.25. The molecule has 0 aromatic carbocycles. The molecule has 0 spiro atoms. The summed E-state index contributed by atoms with van der Waals surface area (Å²) in [7, 11) is -2.83. The van der Waals surface area contributed by atoms with Crippen molar-refractivity contribution in [3.63, 3.8) is 0 Å². The molecule has 1 unspecified atom stereocenters. The number of hydrogen-bond donors (Lipinski definition) is 1. The van der Waals surface area contributed by atoms with Gasteiger partial charge in [0.25, 0.3) is 0 Å². The summed E-state index contributed by atoms with van der Waals surface area (Å²) in [5.41, 5.74) is 0.416. The smallest absolute Gasteiger partial charge is 0.298 e. The highest BCUT2D eigenvalue weighted by Gasteiger charge is 2.34. The van der Waals surface area contributed by atoms with Gasteiger partial charge >= 0.3 is 10.3 Å². The SMILES string of the molecule is C[N+]1(S(=O)(=O)O)C=CC(C=O)=CC1. The van der Waals surface area contributed by atoms with Crippen molar-refractivity contribution in [3.8, 4) is 0 Å². The number of carbonyl (C=O) groups excluding carboxylic acids is 1. The molecule has 0 aromatic heterocycles. The Hall–Kier alpha value is -0.980. The minimum absolute atomic E-state index is 0.0589. The van der Waals surface area contributed by atoms with Crippen molar-refractivity contribution in [3.05, 3.63) is 23.9 Å². The Morgan fingerprint density at radius 2 is 2.23 bits per heavy atom. The molecule has 1 heterocycles. The number of rotatable bonds is 2. The Morgan fingerprint density at radius 3 is 2.54 bits per heavy atom. The maximum absolute atomic E-state index is 10.9. The predicted octanol–water partition coefficient (Wildman–Crippen LogP) is -0.112. The lowest BCUT2D eigenvalue weighted by molar-refractivity contribution is -0.727. The summed E-state index contributed by atoms with van der Waals surface area (Å²) < 4.78 is 29.9. The van der Waals surface area contributed by atoms with Gasteiger partial charge in [-0.2, -0.15) is 3.89 Å². The molecule has 1 N–H and O–H groups in total. The summed E-state index contributed by atoms with van der Waals surface area (Å²) >= 11 is 0. The van der Waals surface area contributed by atoms with Gasteiger partial charge in [-0.25, -0.2) is 4.55 Å². The first-order valence-electron chi connectivity index (χ1n) is 3.56. The van der Waals surface area contributed by atoms with E-state index >= 15 is 0 Å². The van der Waals surface area contributed by atoms with Crippen LogP contribution in [0, 0.1) is 0 Å². The average molecular weight is 204 g/mol. The molecule has 1 aliphatic heterocycles. The van der Waals surface area contributed by atoms with Crippen LogP contribution in [0.1, 0.15) is 0 Å². The third-order valence-electron chi connectivity index (χ3n) is 1.93. The van der Waals surface area contributed by atoms with Crippen LogP contribution in [0.3, 0.4) is 0 Å². The van der Waals surface area contributed by atoms with E-state index in [2.05, 4.69) is 0 Å². The molecule has 0 amide bonds. The third kappa shape index (κ3) is 1.85. The maximum atomic E-state index is 10.9. The van der Waals surface area contributed by atoms with E-state index in [0.717, 1.165) is 0 Å². The predicted molar refractivity (Wildman–Crippen MR) is 45.9 cm³/mol. The Morgan fingerprint density at radius 1 is 1.62 bits per heavy atom. The second kappa shape index (κ2) is 3.06. The first-order chi connectivity index (χ1) is 5.89. The minimum Gasteiger partial charge on any atom is -0.298 e. The standard InChI is InChI=1S/C7H9NO4S/c1-8(13(10,11)12)4-2-7(6-9)3-5-8/h2-4,6H,5H2,1H3/p+1. The fourth-order valence-electron chi connectivity index (χ4n) is 0.918. The summed E-state index contributed by atoms with van der Waals surface area (Å²) in [6, 6.07) is 0. The normalized spacial score (nSPS) is 28.3. The zero-order valence-corrected chi connectivity index (χ0v) is 7.86. The first kappa shape index (κ1) is 10.1. The fraction of sp³-hybridized carbons (Fsp3) is 0.286. The van der Waals surface area contributed by atoms with E-state index in [4.69, 9.17) is 4.55 Å². The number of nitrogens with zero attached hydrogens (tertiary/aromatic N) is 1. The van der Waals surface area contributed by atoms with Crippen molar-refractivity contribution in [1.82, 2.24) is 0 Å². The Kier molecular flexibility index (Phi) is 2.38. The number of carbonyl (C=O) groups is 1. The molecule has 13 heavy (non-hydrogen) atoms. The molecule has 1 aliphatic rings. The van der Waals surface area contributed by atoms with Crippen molar-refractivity contribution in [2.75, 3.05) is 13.6 Å². The highest BCUT2D eigenvalue weighted by Crippen LogP contribution is 2.17. The van der Waals surface area contributed by atoms with Gasteiger partial charge in [0, 0.05) is 11.6 Å². The minimum atomic E-state index is -4.17. The number of likely N-dealkylation sites (N-methyl/N-ethyl adjacent to an activating group) is 1. The molecule has 0 aliphatic carbocycles. The van der Waals surface area contributed by atoms with Gasteiger partial charge in [0.05, 0.1) is 7.05 Å². The Bertz CT molecular complexity index is 381. The zero-order chi connectivity index (χ0) is 10.1. The van der Waals surface area contributed by atoms with Crippen LogP contribution in [0.25, 0.3) is 0 Å². The lowest BCUT2D eigenvalue weighted by atomic mass is 10.2. The Labute approximate surface area is 76.4 Å². The van der Waals surface area contributed by atoms with Crippen LogP contribution < -0.4 is 0 Å². The maximum Gasteiger partial charge on any atom is 0.437 e. The molecular formula is C7H10NO4S+. The molecule has 0 radical (unpaired) electrons. The fourth-order valence-corrected chi connectivity index (χ4v) is 1.40. The van der Waals surface area contributed by atoms with E-state index in [-0.39, 0.29) is 6.54 Å². The molecule has 6 heteroatoms. The van der Waals surface area contributed by atoms with Crippen LogP contribution in [0.2, 0.25) is 0 Å². The van der Waals surface area contributed by atoms with E-state index in [1.807, 2.05) is 0 Å². The van der Waals surface area contributed by atoms with Crippen LogP contribution in [-0.2, 0) is 15.1 Å². The van der Waals surface area contributed by atoms with Crippen LogP contribution >= 0.6 is 0 Å². The summed E-state index contributed by atoms with van der Waals surface area (Å²) in [5, 5.41) is 0.